The van der Waals surface area contributed by atoms with Crippen molar-refractivity contribution in [2.24, 2.45) is 0 Å². The number of pyridine rings is 1. The molecule has 0 aliphatic carbocycles. The van der Waals surface area contributed by atoms with Crippen LogP contribution < -0.4 is 10.2 Å². The van der Waals surface area contributed by atoms with Crippen molar-refractivity contribution < 1.29 is 4.79 Å². The summed E-state index contributed by atoms with van der Waals surface area (Å²) in [6.45, 7) is 5.20. The molecule has 0 radical (unpaired) electrons. The van der Waals surface area contributed by atoms with E-state index in [1.54, 1.807) is 17.4 Å². The maximum absolute atomic E-state index is 12.9. The zero-order chi connectivity index (χ0) is 19.7. The highest BCUT2D eigenvalue weighted by Gasteiger charge is 2.32. The highest BCUT2D eigenvalue weighted by molar-refractivity contribution is 7.22. The van der Waals surface area contributed by atoms with Gasteiger partial charge in [-0.25, -0.2) is 4.98 Å². The zero-order valence-corrected chi connectivity index (χ0v) is 16.7. The van der Waals surface area contributed by atoms with Gasteiger partial charge in [-0.1, -0.05) is 29.5 Å². The van der Waals surface area contributed by atoms with Crippen LogP contribution in [0.3, 0.4) is 0 Å². The van der Waals surface area contributed by atoms with Crippen molar-refractivity contribution in [3.8, 4) is 6.07 Å². The predicted molar refractivity (Wildman–Crippen MR) is 110 cm³/mol. The molecule has 7 heteroatoms. The Morgan fingerprint density at radius 1 is 1.36 bits per heavy atom. The number of amides is 1. The van der Waals surface area contributed by atoms with Crippen LogP contribution >= 0.6 is 11.3 Å². The van der Waals surface area contributed by atoms with E-state index in [0.29, 0.717) is 12.1 Å². The largest absolute Gasteiger partial charge is 0.350 e. The average molecular weight is 392 g/mol. The molecule has 142 valence electrons. The summed E-state index contributed by atoms with van der Waals surface area (Å²) in [6.07, 6.45) is 1.75. The van der Waals surface area contributed by atoms with E-state index in [-0.39, 0.29) is 11.9 Å². The van der Waals surface area contributed by atoms with Gasteiger partial charge in [0.1, 0.15) is 6.04 Å². The van der Waals surface area contributed by atoms with E-state index < -0.39 is 0 Å². The van der Waals surface area contributed by atoms with Gasteiger partial charge in [-0.15, -0.1) is 0 Å². The number of aryl methyl sites for hydroxylation is 2. The predicted octanol–water partition coefficient (Wildman–Crippen LogP) is 3.47. The molecule has 0 saturated carbocycles. The van der Waals surface area contributed by atoms with E-state index in [0.717, 1.165) is 51.7 Å². The van der Waals surface area contributed by atoms with Crippen LogP contribution in [-0.4, -0.2) is 28.5 Å². The Balaban J connectivity index is 1.52. The second-order valence-corrected chi connectivity index (χ2v) is 8.06. The lowest BCUT2D eigenvalue weighted by Gasteiger charge is -2.23. The van der Waals surface area contributed by atoms with Crippen molar-refractivity contribution in [1.82, 2.24) is 15.3 Å². The number of hydrogen-bond acceptors (Lipinski definition) is 6. The van der Waals surface area contributed by atoms with Gasteiger partial charge in [0.15, 0.2) is 10.8 Å². The normalized spacial score (nSPS) is 16.3. The molecule has 1 fully saturated rings. The van der Waals surface area contributed by atoms with Crippen molar-refractivity contribution in [3.63, 3.8) is 0 Å². The molecule has 3 aromatic rings. The molecule has 3 heterocycles. The number of thiazole rings is 1. The van der Waals surface area contributed by atoms with E-state index >= 15 is 0 Å². The van der Waals surface area contributed by atoms with Crippen molar-refractivity contribution in [1.29, 1.82) is 5.26 Å². The minimum absolute atomic E-state index is 0.0233. The summed E-state index contributed by atoms with van der Waals surface area (Å²) in [6, 6.07) is 11.4. The number of nitrogens with zero attached hydrogens (tertiary/aromatic N) is 4. The van der Waals surface area contributed by atoms with E-state index in [2.05, 4.69) is 32.3 Å². The fourth-order valence-electron chi connectivity index (χ4n) is 3.51. The Morgan fingerprint density at radius 2 is 2.18 bits per heavy atom. The summed E-state index contributed by atoms with van der Waals surface area (Å²) >= 11 is 1.59. The molecule has 6 nitrogen and oxygen atoms in total. The molecule has 0 spiro atoms. The molecule has 28 heavy (non-hydrogen) atoms. The SMILES string of the molecule is Cc1cc2sc(N3CCC[C@@H]3C(=O)NCc3ccccc3C#N)nc2nc1C. The minimum Gasteiger partial charge on any atom is -0.350 e. The lowest BCUT2D eigenvalue weighted by Crippen LogP contribution is -2.43. The maximum atomic E-state index is 12.9. The molecule has 0 unspecified atom stereocenters. The molecule has 1 aromatic carbocycles. The number of anilines is 1. The van der Waals surface area contributed by atoms with Gasteiger partial charge in [0.2, 0.25) is 5.91 Å². The summed E-state index contributed by atoms with van der Waals surface area (Å²) < 4.78 is 1.05. The fourth-order valence-corrected chi connectivity index (χ4v) is 4.59. The van der Waals surface area contributed by atoms with Crippen LogP contribution in [-0.2, 0) is 11.3 Å². The number of benzene rings is 1. The molecular weight excluding hydrogens is 370 g/mol. The first-order valence-corrected chi connectivity index (χ1v) is 10.2. The topological polar surface area (TPSA) is 81.9 Å². The van der Waals surface area contributed by atoms with Crippen LogP contribution in [0.25, 0.3) is 10.3 Å². The van der Waals surface area contributed by atoms with Crippen LogP contribution in [0, 0.1) is 25.2 Å². The van der Waals surface area contributed by atoms with Crippen LogP contribution in [0.1, 0.15) is 35.2 Å². The number of fused-ring (bicyclic) bond motifs is 1. The molecule has 1 saturated heterocycles. The maximum Gasteiger partial charge on any atom is 0.243 e. The summed E-state index contributed by atoms with van der Waals surface area (Å²) in [5.74, 6) is -0.0233. The summed E-state index contributed by atoms with van der Waals surface area (Å²) in [7, 11) is 0. The summed E-state index contributed by atoms with van der Waals surface area (Å²) in [5.41, 5.74) is 4.30. The molecular formula is C21H21N5OS. The first-order valence-electron chi connectivity index (χ1n) is 9.34. The van der Waals surface area contributed by atoms with Crippen LogP contribution in [0.15, 0.2) is 30.3 Å². The summed E-state index contributed by atoms with van der Waals surface area (Å²) in [5, 5.41) is 13.1. The van der Waals surface area contributed by atoms with Crippen molar-refractivity contribution >= 4 is 32.7 Å². The van der Waals surface area contributed by atoms with Gasteiger partial charge in [0.05, 0.1) is 16.3 Å². The number of hydrogen-bond donors (Lipinski definition) is 1. The van der Waals surface area contributed by atoms with Crippen LogP contribution in [0.2, 0.25) is 0 Å². The molecule has 4 rings (SSSR count). The van der Waals surface area contributed by atoms with E-state index in [1.165, 1.54) is 0 Å². The Kier molecular flexibility index (Phi) is 4.97. The van der Waals surface area contributed by atoms with Gasteiger partial charge < -0.3 is 10.2 Å². The van der Waals surface area contributed by atoms with E-state index in [4.69, 9.17) is 0 Å². The molecule has 1 amide bonds. The lowest BCUT2D eigenvalue weighted by atomic mass is 10.1. The Bertz CT molecular complexity index is 1050. The number of carbonyl (C=O) groups excluding carboxylic acids is 1. The van der Waals surface area contributed by atoms with Gasteiger partial charge in [-0.2, -0.15) is 10.2 Å². The van der Waals surface area contributed by atoms with Crippen LogP contribution in [0.5, 0.6) is 0 Å². The second kappa shape index (κ2) is 7.56. The standard InChI is InChI=1S/C21H21N5OS/c1-13-10-18-19(24-14(13)2)25-21(28-18)26-9-5-8-17(26)20(27)23-12-16-7-4-3-6-15(16)11-22/h3-4,6-7,10,17H,5,8-9,12H2,1-2H3,(H,23,27)/t17-/m1/s1. The van der Waals surface area contributed by atoms with Crippen molar-refractivity contribution in [2.75, 3.05) is 11.4 Å². The first-order chi connectivity index (χ1) is 13.6. The Hall–Kier alpha value is -2.98. The highest BCUT2D eigenvalue weighted by Crippen LogP contribution is 2.33. The third-order valence-electron chi connectivity index (χ3n) is 5.21. The Labute approximate surface area is 167 Å². The quantitative estimate of drug-likeness (QED) is 0.736. The minimum atomic E-state index is -0.239. The number of nitriles is 1. The molecule has 0 bridgehead atoms. The number of aromatic nitrogens is 2. The average Bonchev–Trinajstić information content (AvgIpc) is 3.33. The van der Waals surface area contributed by atoms with Gasteiger partial charge in [-0.3, -0.25) is 4.79 Å². The fraction of sp³-hybridized carbons (Fsp3) is 0.333. The van der Waals surface area contributed by atoms with E-state index in [9.17, 15) is 10.1 Å². The van der Waals surface area contributed by atoms with Gasteiger partial charge in [-0.05, 0) is 49.9 Å². The van der Waals surface area contributed by atoms with Crippen molar-refractivity contribution in [3.05, 3.63) is 52.7 Å². The number of rotatable bonds is 4. The lowest BCUT2D eigenvalue weighted by molar-refractivity contribution is -0.122. The smallest absolute Gasteiger partial charge is 0.243 e. The molecule has 1 aliphatic heterocycles. The molecule has 1 N–H and O–H groups in total. The van der Waals surface area contributed by atoms with Gasteiger partial charge >= 0.3 is 0 Å². The summed E-state index contributed by atoms with van der Waals surface area (Å²) in [4.78, 5) is 24.2. The zero-order valence-electron chi connectivity index (χ0n) is 15.9. The number of nitrogens with one attached hydrogen (secondary N) is 1. The highest BCUT2D eigenvalue weighted by atomic mass is 32.1. The van der Waals surface area contributed by atoms with Gasteiger partial charge in [0, 0.05) is 18.8 Å². The Morgan fingerprint density at radius 3 is 3.00 bits per heavy atom. The molecule has 1 atom stereocenters. The molecule has 2 aromatic heterocycles. The number of carbonyl (C=O) groups is 1. The second-order valence-electron chi connectivity index (χ2n) is 7.05. The van der Waals surface area contributed by atoms with Crippen molar-refractivity contribution in [2.45, 2.75) is 39.3 Å². The monoisotopic (exact) mass is 391 g/mol. The van der Waals surface area contributed by atoms with Crippen LogP contribution in [0.4, 0.5) is 5.13 Å². The third kappa shape index (κ3) is 3.43. The van der Waals surface area contributed by atoms with E-state index in [1.807, 2.05) is 32.0 Å². The third-order valence-corrected chi connectivity index (χ3v) is 6.24. The first kappa shape index (κ1) is 18.4. The molecule has 1 aliphatic rings. The van der Waals surface area contributed by atoms with Gasteiger partial charge in [0.25, 0.3) is 0 Å².